The van der Waals surface area contributed by atoms with Gasteiger partial charge in [-0.1, -0.05) is 55.5 Å². The third kappa shape index (κ3) is 3.26. The molecule has 0 heterocycles. The molecule has 3 nitrogen and oxygen atoms in total. The lowest BCUT2D eigenvalue weighted by Gasteiger charge is -2.11. The van der Waals surface area contributed by atoms with Crippen LogP contribution in [0.5, 0.6) is 5.75 Å². The summed E-state index contributed by atoms with van der Waals surface area (Å²) in [6.45, 7) is 1.87. The second kappa shape index (κ2) is 6.57. The number of allylic oxidation sites excluding steroid dienone is 1. The molecule has 0 fully saturated rings. The fraction of sp³-hybridized carbons (Fsp3) is 0.118. The highest BCUT2D eigenvalue weighted by Crippen LogP contribution is 2.30. The Hall–Kier alpha value is -2.55. The van der Waals surface area contributed by atoms with Crippen LogP contribution in [0.25, 0.3) is 11.1 Å². The van der Waals surface area contributed by atoms with E-state index in [2.05, 4.69) is 0 Å². The van der Waals surface area contributed by atoms with Crippen molar-refractivity contribution in [1.29, 1.82) is 0 Å². The minimum atomic E-state index is -1.06. The molecule has 0 aliphatic carbocycles. The van der Waals surface area contributed by atoms with Crippen molar-refractivity contribution in [3.63, 3.8) is 0 Å². The van der Waals surface area contributed by atoms with Gasteiger partial charge in [-0.05, 0) is 24.1 Å². The van der Waals surface area contributed by atoms with Crippen LogP contribution in [0.2, 0.25) is 0 Å². The van der Waals surface area contributed by atoms with Crippen LogP contribution < -0.4 is 4.74 Å². The summed E-state index contributed by atoms with van der Waals surface area (Å²) in [5, 5.41) is 9.13. The lowest BCUT2D eigenvalue weighted by molar-refractivity contribution is -0.135. The van der Waals surface area contributed by atoms with E-state index >= 15 is 0 Å². The van der Waals surface area contributed by atoms with E-state index in [9.17, 15) is 4.79 Å². The Labute approximate surface area is 118 Å². The Kier molecular flexibility index (Phi) is 4.56. The lowest BCUT2D eigenvalue weighted by atomic mass is 10.0. The minimum Gasteiger partial charge on any atom is -0.475 e. The molecule has 1 N–H and O–H groups in total. The number of carboxylic acid groups (broad SMARTS) is 1. The largest absolute Gasteiger partial charge is 0.475 e. The molecule has 0 saturated carbocycles. The van der Waals surface area contributed by atoms with Crippen molar-refractivity contribution in [2.24, 2.45) is 0 Å². The van der Waals surface area contributed by atoms with Crippen molar-refractivity contribution in [3.05, 3.63) is 66.4 Å². The Morgan fingerprint density at radius 2 is 1.75 bits per heavy atom. The second-order valence-electron chi connectivity index (χ2n) is 4.25. The number of hydrogen-bond acceptors (Lipinski definition) is 2. The van der Waals surface area contributed by atoms with Gasteiger partial charge in [0.1, 0.15) is 5.75 Å². The maximum Gasteiger partial charge on any atom is 0.371 e. The number of carbonyl (C=O) groups is 1. The van der Waals surface area contributed by atoms with Gasteiger partial charge in [-0.3, -0.25) is 0 Å². The quantitative estimate of drug-likeness (QED) is 0.655. The second-order valence-corrected chi connectivity index (χ2v) is 4.25. The molecule has 102 valence electrons. The molecule has 0 aliphatic heterocycles. The Bertz CT molecular complexity index is 615. The molecule has 0 spiro atoms. The molecule has 0 aromatic heterocycles. The molecule has 2 aromatic carbocycles. The molecule has 0 saturated heterocycles. The van der Waals surface area contributed by atoms with Crippen LogP contribution in [-0.4, -0.2) is 11.1 Å². The molecule has 0 bridgehead atoms. The fourth-order valence-corrected chi connectivity index (χ4v) is 1.89. The van der Waals surface area contributed by atoms with Crippen LogP contribution in [0, 0.1) is 0 Å². The Morgan fingerprint density at radius 1 is 1.10 bits per heavy atom. The number of carboxylic acids is 1. The predicted molar refractivity (Wildman–Crippen MR) is 78.5 cm³/mol. The average Bonchev–Trinajstić information content (AvgIpc) is 2.48. The highest BCUT2D eigenvalue weighted by atomic mass is 16.5. The highest BCUT2D eigenvalue weighted by molar-refractivity contribution is 5.85. The normalized spacial score (nSPS) is 11.2. The van der Waals surface area contributed by atoms with E-state index in [1.165, 1.54) is 0 Å². The molecule has 0 unspecified atom stereocenters. The molecular weight excluding hydrogens is 252 g/mol. The van der Waals surface area contributed by atoms with Gasteiger partial charge < -0.3 is 9.84 Å². The van der Waals surface area contributed by atoms with E-state index in [-0.39, 0.29) is 5.76 Å². The van der Waals surface area contributed by atoms with Gasteiger partial charge in [0.15, 0.2) is 0 Å². The van der Waals surface area contributed by atoms with Gasteiger partial charge in [0.05, 0.1) is 0 Å². The first-order chi connectivity index (χ1) is 9.72. The number of benzene rings is 2. The fourth-order valence-electron chi connectivity index (χ4n) is 1.89. The smallest absolute Gasteiger partial charge is 0.371 e. The molecule has 0 atom stereocenters. The van der Waals surface area contributed by atoms with Crippen molar-refractivity contribution in [2.75, 3.05) is 0 Å². The molecule has 0 radical (unpaired) electrons. The first kappa shape index (κ1) is 13.9. The Morgan fingerprint density at radius 3 is 2.40 bits per heavy atom. The standard InChI is InChI=1S/C17H16O3/c1-2-8-16(17(18)19)20-15-12-7-6-11-14(15)13-9-4-3-5-10-13/h3-12H,2H2,1H3,(H,18,19)/b16-8+. The highest BCUT2D eigenvalue weighted by Gasteiger charge is 2.12. The van der Waals surface area contributed by atoms with Crippen molar-refractivity contribution in [3.8, 4) is 16.9 Å². The molecule has 0 aliphatic rings. The zero-order chi connectivity index (χ0) is 14.4. The summed E-state index contributed by atoms with van der Waals surface area (Å²) in [4.78, 5) is 11.1. The van der Waals surface area contributed by atoms with Gasteiger partial charge in [0.25, 0.3) is 0 Å². The molecule has 3 heteroatoms. The summed E-state index contributed by atoms with van der Waals surface area (Å²) in [7, 11) is 0. The van der Waals surface area contributed by atoms with Crippen molar-refractivity contribution in [1.82, 2.24) is 0 Å². The predicted octanol–water partition coefficient (Wildman–Crippen LogP) is 4.11. The van der Waals surface area contributed by atoms with Gasteiger partial charge in [0, 0.05) is 5.56 Å². The van der Waals surface area contributed by atoms with Crippen LogP contribution >= 0.6 is 0 Å². The monoisotopic (exact) mass is 268 g/mol. The summed E-state index contributed by atoms with van der Waals surface area (Å²) in [5.74, 6) is -0.564. The van der Waals surface area contributed by atoms with Crippen molar-refractivity contribution >= 4 is 5.97 Å². The number of aliphatic carboxylic acids is 1. The molecule has 2 rings (SSSR count). The van der Waals surface area contributed by atoms with Crippen LogP contribution in [0.15, 0.2) is 66.4 Å². The van der Waals surface area contributed by atoms with Crippen LogP contribution in [0.3, 0.4) is 0 Å². The SMILES string of the molecule is CC/C=C(/Oc1ccccc1-c1ccccc1)C(=O)O. The first-order valence-corrected chi connectivity index (χ1v) is 6.48. The average molecular weight is 268 g/mol. The minimum absolute atomic E-state index is 0.0455. The van der Waals surface area contributed by atoms with Crippen LogP contribution in [-0.2, 0) is 4.79 Å². The molecule has 20 heavy (non-hydrogen) atoms. The number of ether oxygens (including phenoxy) is 1. The zero-order valence-electron chi connectivity index (χ0n) is 11.2. The summed E-state index contributed by atoms with van der Waals surface area (Å²) in [6, 6.07) is 17.2. The van der Waals surface area contributed by atoms with Gasteiger partial charge in [-0.2, -0.15) is 0 Å². The van der Waals surface area contributed by atoms with E-state index in [1.54, 1.807) is 12.1 Å². The summed E-state index contributed by atoms with van der Waals surface area (Å²) in [5.41, 5.74) is 1.86. The van der Waals surface area contributed by atoms with E-state index in [4.69, 9.17) is 9.84 Å². The number of rotatable bonds is 5. The summed E-state index contributed by atoms with van der Waals surface area (Å²) < 4.78 is 5.56. The van der Waals surface area contributed by atoms with Gasteiger partial charge in [0.2, 0.25) is 5.76 Å². The third-order valence-corrected chi connectivity index (χ3v) is 2.79. The van der Waals surface area contributed by atoms with Gasteiger partial charge in [-0.15, -0.1) is 0 Å². The van der Waals surface area contributed by atoms with E-state index < -0.39 is 5.97 Å². The summed E-state index contributed by atoms with van der Waals surface area (Å²) in [6.07, 6.45) is 2.17. The Balaban J connectivity index is 2.38. The molecular formula is C17H16O3. The number of hydrogen-bond donors (Lipinski definition) is 1. The summed E-state index contributed by atoms with van der Waals surface area (Å²) >= 11 is 0. The van der Waals surface area contributed by atoms with Crippen molar-refractivity contribution in [2.45, 2.75) is 13.3 Å². The van der Waals surface area contributed by atoms with E-state index in [1.807, 2.05) is 55.5 Å². The third-order valence-electron chi connectivity index (χ3n) is 2.79. The molecule has 2 aromatic rings. The zero-order valence-corrected chi connectivity index (χ0v) is 11.2. The first-order valence-electron chi connectivity index (χ1n) is 6.48. The van der Waals surface area contributed by atoms with Gasteiger partial charge >= 0.3 is 5.97 Å². The van der Waals surface area contributed by atoms with Gasteiger partial charge in [-0.25, -0.2) is 4.79 Å². The maximum atomic E-state index is 11.1. The van der Waals surface area contributed by atoms with Crippen molar-refractivity contribution < 1.29 is 14.6 Å². The van der Waals surface area contributed by atoms with Crippen LogP contribution in [0.1, 0.15) is 13.3 Å². The molecule has 0 amide bonds. The van der Waals surface area contributed by atoms with E-state index in [0.717, 1.165) is 11.1 Å². The lowest BCUT2D eigenvalue weighted by Crippen LogP contribution is -2.08. The van der Waals surface area contributed by atoms with E-state index in [0.29, 0.717) is 12.2 Å². The van der Waals surface area contributed by atoms with Crippen LogP contribution in [0.4, 0.5) is 0 Å². The topological polar surface area (TPSA) is 46.5 Å². The maximum absolute atomic E-state index is 11.1. The number of para-hydroxylation sites is 1.